The van der Waals surface area contributed by atoms with Gasteiger partial charge in [0.2, 0.25) is 11.2 Å². The molecule has 158 valence electrons. The molecule has 30 heavy (non-hydrogen) atoms. The molecule has 7 nitrogen and oxygen atoms in total. The molecule has 2 aromatic carbocycles. The number of hydrogen-bond donors (Lipinski definition) is 0. The number of hydrogen-bond acceptors (Lipinski definition) is 7. The highest BCUT2D eigenvalue weighted by Crippen LogP contribution is 2.25. The van der Waals surface area contributed by atoms with Gasteiger partial charge in [0.15, 0.2) is 6.10 Å². The van der Waals surface area contributed by atoms with Crippen LogP contribution in [-0.4, -0.2) is 25.3 Å². The van der Waals surface area contributed by atoms with Crippen LogP contribution in [0.1, 0.15) is 27.2 Å². The molecule has 0 saturated heterocycles. The summed E-state index contributed by atoms with van der Waals surface area (Å²) in [6, 6.07) is 11.6. The van der Waals surface area contributed by atoms with Crippen LogP contribution >= 0.6 is 0 Å². The number of rotatable bonds is 8. The lowest BCUT2D eigenvalue weighted by atomic mass is 10.2. The van der Waals surface area contributed by atoms with Crippen molar-refractivity contribution in [1.82, 2.24) is 0 Å². The Kier molecular flexibility index (Phi) is 6.61. The standard InChI is InChI=1S/C23H24O7/c1-5-14(2)28-23(25)15(3)29-18-10-11-19-20(12-18)27-13-21(22(19)24)30-17-8-6-16(26-4)7-9-17/h6-15H,5H2,1-4H3/t14-,15+/m0/s1. The molecule has 1 aromatic heterocycles. The van der Waals surface area contributed by atoms with E-state index in [1.807, 2.05) is 13.8 Å². The topological polar surface area (TPSA) is 84.2 Å². The van der Waals surface area contributed by atoms with Crippen LogP contribution < -0.4 is 19.6 Å². The summed E-state index contributed by atoms with van der Waals surface area (Å²) in [5.74, 6) is 1.17. The van der Waals surface area contributed by atoms with Crippen LogP contribution in [-0.2, 0) is 9.53 Å². The van der Waals surface area contributed by atoms with Gasteiger partial charge in [-0.25, -0.2) is 4.79 Å². The number of fused-ring (bicyclic) bond motifs is 1. The maximum Gasteiger partial charge on any atom is 0.347 e. The Balaban J connectivity index is 1.77. The summed E-state index contributed by atoms with van der Waals surface area (Å²) in [6.07, 6.45) is 1.00. The molecule has 0 aliphatic carbocycles. The Morgan fingerprint density at radius 2 is 1.70 bits per heavy atom. The van der Waals surface area contributed by atoms with Gasteiger partial charge in [-0.15, -0.1) is 0 Å². The molecule has 0 bridgehead atoms. The molecule has 1 heterocycles. The van der Waals surface area contributed by atoms with E-state index in [0.29, 0.717) is 28.2 Å². The van der Waals surface area contributed by atoms with E-state index in [2.05, 4.69) is 0 Å². The quantitative estimate of drug-likeness (QED) is 0.496. The summed E-state index contributed by atoms with van der Waals surface area (Å²) >= 11 is 0. The Labute approximate surface area is 174 Å². The number of esters is 1. The van der Waals surface area contributed by atoms with Gasteiger partial charge in [-0.1, -0.05) is 6.92 Å². The number of carbonyl (C=O) groups excluding carboxylic acids is 1. The van der Waals surface area contributed by atoms with Crippen LogP contribution in [0.5, 0.6) is 23.0 Å². The Bertz CT molecular complexity index is 1070. The summed E-state index contributed by atoms with van der Waals surface area (Å²) in [5.41, 5.74) is 0.00456. The van der Waals surface area contributed by atoms with E-state index in [0.717, 1.165) is 6.42 Å². The fourth-order valence-corrected chi connectivity index (χ4v) is 2.64. The molecule has 0 saturated carbocycles. The zero-order chi connectivity index (χ0) is 21.7. The average Bonchev–Trinajstić information content (AvgIpc) is 2.76. The van der Waals surface area contributed by atoms with Crippen LogP contribution in [0.2, 0.25) is 0 Å². The van der Waals surface area contributed by atoms with Crippen molar-refractivity contribution in [3.05, 3.63) is 59.0 Å². The fourth-order valence-electron chi connectivity index (χ4n) is 2.64. The first-order chi connectivity index (χ1) is 14.4. The first-order valence-electron chi connectivity index (χ1n) is 9.66. The molecule has 0 radical (unpaired) electrons. The van der Waals surface area contributed by atoms with Gasteiger partial charge in [0, 0.05) is 6.07 Å². The lowest BCUT2D eigenvalue weighted by Gasteiger charge is -2.17. The van der Waals surface area contributed by atoms with E-state index in [1.165, 1.54) is 6.26 Å². The minimum Gasteiger partial charge on any atom is -0.497 e. The maximum absolute atomic E-state index is 12.7. The Hall–Kier alpha value is -3.48. The van der Waals surface area contributed by atoms with Gasteiger partial charge in [-0.2, -0.15) is 0 Å². The summed E-state index contributed by atoms with van der Waals surface area (Å²) in [6.45, 7) is 5.36. The minimum absolute atomic E-state index is 0.0619. The normalized spacial score (nSPS) is 12.8. The van der Waals surface area contributed by atoms with E-state index in [1.54, 1.807) is 56.5 Å². The van der Waals surface area contributed by atoms with Crippen LogP contribution in [0.25, 0.3) is 11.0 Å². The van der Waals surface area contributed by atoms with Gasteiger partial charge < -0.3 is 23.4 Å². The molecule has 3 rings (SSSR count). The van der Waals surface area contributed by atoms with Crippen molar-refractivity contribution >= 4 is 16.9 Å². The molecule has 0 amide bonds. The van der Waals surface area contributed by atoms with Gasteiger partial charge >= 0.3 is 5.97 Å². The first kappa shape index (κ1) is 21.2. The maximum atomic E-state index is 12.7. The predicted octanol–water partition coefficient (Wildman–Crippen LogP) is 4.70. The van der Waals surface area contributed by atoms with E-state index in [4.69, 9.17) is 23.4 Å². The second-order valence-electron chi connectivity index (χ2n) is 6.78. The zero-order valence-electron chi connectivity index (χ0n) is 17.3. The molecule has 7 heteroatoms. The van der Waals surface area contributed by atoms with Crippen LogP contribution in [0, 0.1) is 0 Å². The van der Waals surface area contributed by atoms with Crippen LogP contribution in [0.3, 0.4) is 0 Å². The molecular weight excluding hydrogens is 388 g/mol. The van der Waals surface area contributed by atoms with Gasteiger partial charge in [0.1, 0.15) is 29.1 Å². The third-order valence-electron chi connectivity index (χ3n) is 4.54. The largest absolute Gasteiger partial charge is 0.497 e. The van der Waals surface area contributed by atoms with Crippen molar-refractivity contribution in [1.29, 1.82) is 0 Å². The van der Waals surface area contributed by atoms with Gasteiger partial charge in [-0.05, 0) is 56.7 Å². The molecule has 2 atom stereocenters. The second-order valence-corrected chi connectivity index (χ2v) is 6.78. The molecular formula is C23H24O7. The highest BCUT2D eigenvalue weighted by molar-refractivity contribution is 5.79. The van der Waals surface area contributed by atoms with E-state index >= 15 is 0 Å². The molecule has 0 unspecified atom stereocenters. The van der Waals surface area contributed by atoms with E-state index < -0.39 is 12.1 Å². The van der Waals surface area contributed by atoms with Gasteiger partial charge in [0.05, 0.1) is 18.6 Å². The second kappa shape index (κ2) is 9.35. The van der Waals surface area contributed by atoms with Crippen molar-refractivity contribution in [3.63, 3.8) is 0 Å². The first-order valence-corrected chi connectivity index (χ1v) is 9.66. The summed E-state index contributed by atoms with van der Waals surface area (Å²) in [7, 11) is 1.57. The lowest BCUT2D eigenvalue weighted by molar-refractivity contribution is -0.155. The SMILES string of the molecule is CC[C@H](C)OC(=O)[C@@H](C)Oc1ccc2c(=O)c(Oc3ccc(OC)cc3)coc2c1. The van der Waals surface area contributed by atoms with Crippen molar-refractivity contribution in [2.45, 2.75) is 39.4 Å². The highest BCUT2D eigenvalue weighted by atomic mass is 16.6. The molecule has 0 fully saturated rings. The Morgan fingerprint density at radius 3 is 2.37 bits per heavy atom. The zero-order valence-corrected chi connectivity index (χ0v) is 17.3. The monoisotopic (exact) mass is 412 g/mol. The molecule has 0 spiro atoms. The summed E-state index contributed by atoms with van der Waals surface area (Å²) in [4.78, 5) is 24.8. The van der Waals surface area contributed by atoms with Gasteiger partial charge in [0.25, 0.3) is 0 Å². The van der Waals surface area contributed by atoms with Crippen molar-refractivity contribution in [2.75, 3.05) is 7.11 Å². The van der Waals surface area contributed by atoms with E-state index in [-0.39, 0.29) is 17.3 Å². The van der Waals surface area contributed by atoms with Crippen molar-refractivity contribution in [3.8, 4) is 23.0 Å². The molecule has 3 aromatic rings. The van der Waals surface area contributed by atoms with Gasteiger partial charge in [-0.3, -0.25) is 4.79 Å². The Morgan fingerprint density at radius 1 is 1.03 bits per heavy atom. The fraction of sp³-hybridized carbons (Fsp3) is 0.304. The lowest BCUT2D eigenvalue weighted by Crippen LogP contribution is -2.29. The third kappa shape index (κ3) is 4.92. The van der Waals surface area contributed by atoms with Crippen LogP contribution in [0.4, 0.5) is 0 Å². The van der Waals surface area contributed by atoms with Crippen molar-refractivity contribution in [2.24, 2.45) is 0 Å². The van der Waals surface area contributed by atoms with Crippen LogP contribution in [0.15, 0.2) is 57.9 Å². The number of benzene rings is 2. The number of ether oxygens (including phenoxy) is 4. The highest BCUT2D eigenvalue weighted by Gasteiger charge is 2.19. The molecule has 0 aliphatic rings. The summed E-state index contributed by atoms with van der Waals surface area (Å²) in [5, 5.41) is 0.336. The predicted molar refractivity (Wildman–Crippen MR) is 111 cm³/mol. The minimum atomic E-state index is -0.791. The third-order valence-corrected chi connectivity index (χ3v) is 4.54. The molecule has 0 aliphatic heterocycles. The van der Waals surface area contributed by atoms with Crippen molar-refractivity contribution < 1.29 is 28.2 Å². The smallest absolute Gasteiger partial charge is 0.347 e. The average molecular weight is 412 g/mol. The van der Waals surface area contributed by atoms with E-state index in [9.17, 15) is 9.59 Å². The summed E-state index contributed by atoms with van der Waals surface area (Å²) < 4.78 is 27.2. The number of carbonyl (C=O) groups is 1. The molecule has 0 N–H and O–H groups in total. The number of methoxy groups -OCH3 is 1.